The van der Waals surface area contributed by atoms with Crippen molar-refractivity contribution in [2.24, 2.45) is 5.92 Å². The first-order chi connectivity index (χ1) is 7.49. The van der Waals surface area contributed by atoms with E-state index in [1.165, 1.54) is 0 Å². The topological polar surface area (TPSA) is 57.5 Å². The molecule has 1 aliphatic carbocycles. The second-order valence-corrected chi connectivity index (χ2v) is 4.03. The Hall–Kier alpha value is -1.65. The second-order valence-electron chi connectivity index (χ2n) is 4.03. The number of aliphatic carboxylic acids is 1. The Morgan fingerprint density at radius 3 is 2.44 bits per heavy atom. The molecule has 1 saturated carbocycles. The standard InChI is InChI=1S/C11H10F2O3/c12-8-2-6(3-9(13)11(8)16)7-1-5(7)4-10(14)15/h2-3,5,7,16H,1,4H2,(H,14,15). The number of carboxylic acids is 1. The number of aromatic hydroxyl groups is 1. The highest BCUT2D eigenvalue weighted by atomic mass is 19.1. The normalized spacial score (nSPS) is 23.1. The van der Waals surface area contributed by atoms with Gasteiger partial charge in [-0.15, -0.1) is 0 Å². The van der Waals surface area contributed by atoms with Crippen molar-refractivity contribution in [3.8, 4) is 5.75 Å². The fourth-order valence-electron chi connectivity index (χ4n) is 1.90. The van der Waals surface area contributed by atoms with Gasteiger partial charge in [-0.1, -0.05) is 0 Å². The van der Waals surface area contributed by atoms with Gasteiger partial charge in [0.1, 0.15) is 0 Å². The van der Waals surface area contributed by atoms with E-state index in [1.807, 2.05) is 0 Å². The number of benzene rings is 1. The summed E-state index contributed by atoms with van der Waals surface area (Å²) in [7, 11) is 0. The van der Waals surface area contributed by atoms with Crippen molar-refractivity contribution in [1.82, 2.24) is 0 Å². The van der Waals surface area contributed by atoms with Gasteiger partial charge >= 0.3 is 5.97 Å². The van der Waals surface area contributed by atoms with Crippen LogP contribution in [-0.2, 0) is 4.79 Å². The molecule has 0 aliphatic heterocycles. The van der Waals surface area contributed by atoms with E-state index >= 15 is 0 Å². The summed E-state index contributed by atoms with van der Waals surface area (Å²) in [6.07, 6.45) is 0.630. The summed E-state index contributed by atoms with van der Waals surface area (Å²) >= 11 is 0. The number of hydrogen-bond acceptors (Lipinski definition) is 2. The fourth-order valence-corrected chi connectivity index (χ4v) is 1.90. The highest BCUT2D eigenvalue weighted by molar-refractivity contribution is 5.67. The Morgan fingerprint density at radius 1 is 1.38 bits per heavy atom. The molecule has 0 bridgehead atoms. The molecule has 0 radical (unpaired) electrons. The van der Waals surface area contributed by atoms with Gasteiger partial charge in [0.25, 0.3) is 0 Å². The highest BCUT2D eigenvalue weighted by Gasteiger charge is 2.40. The van der Waals surface area contributed by atoms with Gasteiger partial charge in [-0.2, -0.15) is 0 Å². The average Bonchev–Trinajstić information content (AvgIpc) is 2.91. The number of phenols is 1. The van der Waals surface area contributed by atoms with Crippen LogP contribution in [0.3, 0.4) is 0 Å². The maximum atomic E-state index is 13.0. The summed E-state index contributed by atoms with van der Waals surface area (Å²) in [5, 5.41) is 17.5. The van der Waals surface area contributed by atoms with E-state index < -0.39 is 23.4 Å². The fraction of sp³-hybridized carbons (Fsp3) is 0.364. The second kappa shape index (κ2) is 3.73. The van der Waals surface area contributed by atoms with Gasteiger partial charge < -0.3 is 10.2 Å². The number of rotatable bonds is 3. The Morgan fingerprint density at radius 2 is 1.94 bits per heavy atom. The van der Waals surface area contributed by atoms with Crippen LogP contribution >= 0.6 is 0 Å². The average molecular weight is 228 g/mol. The smallest absolute Gasteiger partial charge is 0.303 e. The summed E-state index contributed by atoms with van der Waals surface area (Å²) in [6, 6.07) is 2.12. The Labute approximate surface area is 90.3 Å². The lowest BCUT2D eigenvalue weighted by Gasteiger charge is -2.03. The van der Waals surface area contributed by atoms with E-state index in [-0.39, 0.29) is 18.3 Å². The van der Waals surface area contributed by atoms with Gasteiger partial charge in [-0.05, 0) is 36.0 Å². The molecule has 1 fully saturated rings. The van der Waals surface area contributed by atoms with Crippen molar-refractivity contribution in [2.45, 2.75) is 18.8 Å². The summed E-state index contributed by atoms with van der Waals surface area (Å²) < 4.78 is 26.0. The molecule has 3 nitrogen and oxygen atoms in total. The molecule has 2 unspecified atom stereocenters. The zero-order chi connectivity index (χ0) is 11.9. The SMILES string of the molecule is O=C(O)CC1CC1c1cc(F)c(O)c(F)c1. The van der Waals surface area contributed by atoms with Crippen LogP contribution < -0.4 is 0 Å². The first-order valence-corrected chi connectivity index (χ1v) is 4.88. The highest BCUT2D eigenvalue weighted by Crippen LogP contribution is 2.50. The molecule has 0 saturated heterocycles. The molecule has 0 amide bonds. The van der Waals surface area contributed by atoms with Crippen molar-refractivity contribution in [1.29, 1.82) is 0 Å². The number of hydrogen-bond donors (Lipinski definition) is 2. The van der Waals surface area contributed by atoms with E-state index in [4.69, 9.17) is 10.2 Å². The van der Waals surface area contributed by atoms with Crippen molar-refractivity contribution in [3.05, 3.63) is 29.3 Å². The van der Waals surface area contributed by atoms with Crippen LogP contribution in [0.15, 0.2) is 12.1 Å². The molecule has 1 aromatic carbocycles. The number of carbonyl (C=O) groups is 1. The molecule has 1 aliphatic rings. The summed E-state index contributed by atoms with van der Waals surface area (Å²) in [6.45, 7) is 0. The van der Waals surface area contributed by atoms with Gasteiger partial charge in [-0.3, -0.25) is 4.79 Å². The van der Waals surface area contributed by atoms with Crippen LogP contribution in [-0.4, -0.2) is 16.2 Å². The third-order valence-electron chi connectivity index (χ3n) is 2.83. The van der Waals surface area contributed by atoms with Crippen LogP contribution in [0, 0.1) is 17.6 Å². The molecular formula is C11H10F2O3. The monoisotopic (exact) mass is 228 g/mol. The lowest BCUT2D eigenvalue weighted by Crippen LogP contribution is -1.97. The van der Waals surface area contributed by atoms with Crippen LogP contribution in [0.4, 0.5) is 8.78 Å². The van der Waals surface area contributed by atoms with Gasteiger partial charge in [0.05, 0.1) is 0 Å². The van der Waals surface area contributed by atoms with Gasteiger partial charge in [-0.25, -0.2) is 8.78 Å². The largest absolute Gasteiger partial charge is 0.503 e. The summed E-state index contributed by atoms with van der Waals surface area (Å²) in [5.74, 6) is -4.07. The van der Waals surface area contributed by atoms with Crippen LogP contribution in [0.1, 0.15) is 24.3 Å². The van der Waals surface area contributed by atoms with Gasteiger partial charge in [0.15, 0.2) is 17.4 Å². The Kier molecular flexibility index (Phi) is 2.53. The third kappa shape index (κ3) is 1.98. The van der Waals surface area contributed by atoms with Crippen LogP contribution in [0.2, 0.25) is 0 Å². The molecule has 5 heteroatoms. The van der Waals surface area contributed by atoms with E-state index in [9.17, 15) is 13.6 Å². The van der Waals surface area contributed by atoms with Crippen molar-refractivity contribution < 1.29 is 23.8 Å². The number of halogens is 2. The van der Waals surface area contributed by atoms with Gasteiger partial charge in [0.2, 0.25) is 0 Å². The van der Waals surface area contributed by atoms with Crippen molar-refractivity contribution in [2.75, 3.05) is 0 Å². The lowest BCUT2D eigenvalue weighted by molar-refractivity contribution is -0.137. The van der Waals surface area contributed by atoms with Crippen LogP contribution in [0.25, 0.3) is 0 Å². The molecule has 2 N–H and O–H groups in total. The molecule has 0 aromatic heterocycles. The van der Waals surface area contributed by atoms with E-state index in [0.29, 0.717) is 12.0 Å². The zero-order valence-corrected chi connectivity index (χ0v) is 8.28. The Bertz CT molecular complexity index is 422. The van der Waals surface area contributed by atoms with Crippen molar-refractivity contribution >= 4 is 5.97 Å². The molecule has 0 heterocycles. The quantitative estimate of drug-likeness (QED) is 0.834. The third-order valence-corrected chi connectivity index (χ3v) is 2.83. The molecule has 1 aromatic rings. The zero-order valence-electron chi connectivity index (χ0n) is 8.28. The Balaban J connectivity index is 2.15. The maximum Gasteiger partial charge on any atom is 0.303 e. The van der Waals surface area contributed by atoms with Crippen molar-refractivity contribution in [3.63, 3.8) is 0 Å². The minimum absolute atomic E-state index is 0.00871. The van der Waals surface area contributed by atoms with E-state index in [2.05, 4.69) is 0 Å². The summed E-state index contributed by atoms with van der Waals surface area (Å²) in [4.78, 5) is 10.4. The predicted octanol–water partition coefficient (Wildman–Crippen LogP) is 2.25. The lowest BCUT2D eigenvalue weighted by atomic mass is 10.1. The number of phenolic OH excluding ortho intramolecular Hbond substituents is 1. The summed E-state index contributed by atoms with van der Waals surface area (Å²) in [5.41, 5.74) is 0.416. The van der Waals surface area contributed by atoms with Gasteiger partial charge in [0, 0.05) is 6.42 Å². The van der Waals surface area contributed by atoms with E-state index in [0.717, 1.165) is 12.1 Å². The number of carboxylic acid groups (broad SMARTS) is 1. The predicted molar refractivity (Wildman–Crippen MR) is 51.1 cm³/mol. The maximum absolute atomic E-state index is 13.0. The molecule has 16 heavy (non-hydrogen) atoms. The molecule has 2 rings (SSSR count). The van der Waals surface area contributed by atoms with E-state index in [1.54, 1.807) is 0 Å². The molecular weight excluding hydrogens is 218 g/mol. The molecule has 86 valence electrons. The molecule has 0 spiro atoms. The minimum Gasteiger partial charge on any atom is -0.503 e. The first-order valence-electron chi connectivity index (χ1n) is 4.88. The van der Waals surface area contributed by atoms with Crippen LogP contribution in [0.5, 0.6) is 5.75 Å². The molecule has 2 atom stereocenters. The minimum atomic E-state index is -1.00. The first kappa shape index (κ1) is 10.9.